The van der Waals surface area contributed by atoms with Crippen LogP contribution in [0.15, 0.2) is 38.8 Å². The van der Waals surface area contributed by atoms with Crippen LogP contribution in [0.1, 0.15) is 4.88 Å². The van der Waals surface area contributed by atoms with Crippen molar-refractivity contribution in [2.24, 2.45) is 0 Å². The summed E-state index contributed by atoms with van der Waals surface area (Å²) >= 11 is 1.82. The molecule has 0 fully saturated rings. The minimum Gasteiger partial charge on any atom is -0.258 e. The minimum absolute atomic E-state index is 0.0661. The van der Waals surface area contributed by atoms with Crippen LogP contribution in [-0.2, 0) is 9.84 Å². The van der Waals surface area contributed by atoms with Crippen molar-refractivity contribution in [1.82, 2.24) is 0 Å². The molecule has 9 heteroatoms. The fourth-order valence-electron chi connectivity index (χ4n) is 1.34. The van der Waals surface area contributed by atoms with Crippen LogP contribution in [0.4, 0.5) is 5.00 Å². The summed E-state index contributed by atoms with van der Waals surface area (Å²) in [7, 11) is -3.86. The number of nitriles is 1. The molecular weight excluding hydrogens is 320 g/mol. The predicted molar refractivity (Wildman–Crippen MR) is 76.1 cm³/mol. The second-order valence-corrected chi connectivity index (χ2v) is 7.68. The van der Waals surface area contributed by atoms with E-state index in [-0.39, 0.29) is 9.21 Å². The first-order valence-corrected chi connectivity index (χ1v) is 8.27. The van der Waals surface area contributed by atoms with Gasteiger partial charge < -0.3 is 0 Å². The van der Waals surface area contributed by atoms with Crippen molar-refractivity contribution < 1.29 is 13.3 Å². The lowest BCUT2D eigenvalue weighted by molar-refractivity contribution is -0.380. The van der Waals surface area contributed by atoms with Crippen molar-refractivity contribution in [2.45, 2.75) is 4.21 Å². The molecule has 102 valence electrons. The van der Waals surface area contributed by atoms with E-state index in [1.807, 2.05) is 0 Å². The Morgan fingerprint density at radius 2 is 2.15 bits per heavy atom. The molecule has 2 heterocycles. The first kappa shape index (κ1) is 14.4. The van der Waals surface area contributed by atoms with Gasteiger partial charge in [0.15, 0.2) is 4.91 Å². The van der Waals surface area contributed by atoms with Crippen LogP contribution in [0, 0.1) is 21.4 Å². The predicted octanol–water partition coefficient (Wildman–Crippen LogP) is 3.06. The van der Waals surface area contributed by atoms with E-state index < -0.39 is 19.7 Å². The van der Waals surface area contributed by atoms with Crippen molar-refractivity contribution in [3.63, 3.8) is 0 Å². The Kier molecular flexibility index (Phi) is 3.99. The average molecular weight is 326 g/mol. The highest BCUT2D eigenvalue weighted by molar-refractivity contribution is 7.97. The molecule has 0 unspecified atom stereocenters. The minimum atomic E-state index is -3.86. The van der Waals surface area contributed by atoms with Gasteiger partial charge in [0.2, 0.25) is 9.84 Å². The van der Waals surface area contributed by atoms with Gasteiger partial charge in [-0.2, -0.15) is 5.26 Å². The average Bonchev–Trinajstić information content (AvgIpc) is 3.06. The normalized spacial score (nSPS) is 12.1. The van der Waals surface area contributed by atoms with E-state index in [9.17, 15) is 18.5 Å². The van der Waals surface area contributed by atoms with Gasteiger partial charge in [-0.15, -0.1) is 11.3 Å². The third-order valence-electron chi connectivity index (χ3n) is 2.23. The van der Waals surface area contributed by atoms with Gasteiger partial charge in [-0.3, -0.25) is 10.1 Å². The topological polar surface area (TPSA) is 101 Å². The van der Waals surface area contributed by atoms with Crippen LogP contribution in [-0.4, -0.2) is 13.3 Å². The molecule has 2 rings (SSSR count). The molecule has 6 nitrogen and oxygen atoms in total. The highest BCUT2D eigenvalue weighted by Gasteiger charge is 2.22. The Morgan fingerprint density at radius 3 is 2.65 bits per heavy atom. The zero-order chi connectivity index (χ0) is 14.8. The zero-order valence-corrected chi connectivity index (χ0v) is 12.2. The molecule has 0 atom stereocenters. The van der Waals surface area contributed by atoms with Gasteiger partial charge in [0.05, 0.1) is 4.92 Å². The number of nitro groups is 1. The molecule has 0 aliphatic heterocycles. The van der Waals surface area contributed by atoms with Crippen molar-refractivity contribution in [2.75, 3.05) is 0 Å². The largest absolute Gasteiger partial charge is 0.324 e. The van der Waals surface area contributed by atoms with Gasteiger partial charge in [0, 0.05) is 10.9 Å². The molecule has 0 aliphatic carbocycles. The Hall–Kier alpha value is -2.02. The standard InChI is InChI=1S/C11H6N2O4S3/c12-7-9(20(16,17)11-2-1-5-18-11)6-8-3-4-10(19-8)13(14)15/h1-6H/b9-6+. The highest BCUT2D eigenvalue weighted by Crippen LogP contribution is 2.29. The maximum atomic E-state index is 12.2. The summed E-state index contributed by atoms with van der Waals surface area (Å²) in [6.45, 7) is 0. The van der Waals surface area contributed by atoms with Crippen molar-refractivity contribution in [3.05, 3.63) is 49.5 Å². The lowest BCUT2D eigenvalue weighted by atomic mass is 10.4. The summed E-state index contributed by atoms with van der Waals surface area (Å²) in [5.41, 5.74) is 0. The van der Waals surface area contributed by atoms with Crippen LogP contribution >= 0.6 is 22.7 Å². The van der Waals surface area contributed by atoms with Crippen LogP contribution < -0.4 is 0 Å². The molecule has 2 aromatic rings. The van der Waals surface area contributed by atoms with Crippen molar-refractivity contribution >= 4 is 43.6 Å². The smallest absolute Gasteiger partial charge is 0.258 e. The van der Waals surface area contributed by atoms with E-state index in [0.717, 1.165) is 28.7 Å². The molecule has 0 N–H and O–H groups in total. The first-order chi connectivity index (χ1) is 9.45. The third kappa shape index (κ3) is 2.77. The quantitative estimate of drug-likeness (QED) is 0.488. The van der Waals surface area contributed by atoms with Gasteiger partial charge in [0.1, 0.15) is 10.3 Å². The lowest BCUT2D eigenvalue weighted by Gasteiger charge is -1.98. The number of thiophene rings is 2. The van der Waals surface area contributed by atoms with Crippen LogP contribution in [0.5, 0.6) is 0 Å². The van der Waals surface area contributed by atoms with Gasteiger partial charge in [0.25, 0.3) is 0 Å². The zero-order valence-electron chi connectivity index (χ0n) is 9.72. The Balaban J connectivity index is 2.45. The molecule has 0 amide bonds. The molecule has 20 heavy (non-hydrogen) atoms. The fraction of sp³-hybridized carbons (Fsp3) is 0. The van der Waals surface area contributed by atoms with Gasteiger partial charge in [-0.1, -0.05) is 17.4 Å². The lowest BCUT2D eigenvalue weighted by Crippen LogP contribution is -2.00. The SMILES string of the molecule is N#C/C(=C\c1ccc([N+](=O)[O-])s1)S(=O)(=O)c1cccs1. The Morgan fingerprint density at radius 1 is 1.40 bits per heavy atom. The first-order valence-electron chi connectivity index (χ1n) is 5.10. The monoisotopic (exact) mass is 326 g/mol. The van der Waals surface area contributed by atoms with E-state index in [1.54, 1.807) is 17.5 Å². The van der Waals surface area contributed by atoms with Crippen molar-refractivity contribution in [3.8, 4) is 6.07 Å². The maximum Gasteiger partial charge on any atom is 0.324 e. The van der Waals surface area contributed by atoms with Gasteiger partial charge in [-0.25, -0.2) is 8.42 Å². The fourth-order valence-corrected chi connectivity index (χ4v) is 4.45. The number of sulfone groups is 1. The molecule has 0 saturated heterocycles. The van der Waals surface area contributed by atoms with Crippen LogP contribution in [0.2, 0.25) is 0 Å². The Bertz CT molecular complexity index is 810. The Labute approximate surface area is 122 Å². The van der Waals surface area contributed by atoms with E-state index in [4.69, 9.17) is 5.26 Å². The second-order valence-electron chi connectivity index (χ2n) is 3.49. The molecule has 0 spiro atoms. The van der Waals surface area contributed by atoms with Crippen molar-refractivity contribution in [1.29, 1.82) is 5.26 Å². The van der Waals surface area contributed by atoms with Crippen LogP contribution in [0.25, 0.3) is 6.08 Å². The summed E-state index contributed by atoms with van der Waals surface area (Å²) < 4.78 is 24.4. The number of nitrogens with zero attached hydrogens (tertiary/aromatic N) is 2. The molecule has 0 aliphatic rings. The summed E-state index contributed by atoms with van der Waals surface area (Å²) in [5, 5.41) is 21.1. The number of allylic oxidation sites excluding steroid dienone is 1. The van der Waals surface area contributed by atoms with E-state index in [0.29, 0.717) is 4.88 Å². The highest BCUT2D eigenvalue weighted by atomic mass is 32.2. The number of hydrogen-bond acceptors (Lipinski definition) is 7. The van der Waals surface area contributed by atoms with Gasteiger partial charge in [-0.05, 0) is 23.6 Å². The molecule has 0 saturated carbocycles. The summed E-state index contributed by atoms with van der Waals surface area (Å²) in [5.74, 6) is 0. The number of hydrogen-bond donors (Lipinski definition) is 0. The second kappa shape index (κ2) is 5.54. The van der Waals surface area contributed by atoms with Crippen LogP contribution in [0.3, 0.4) is 0 Å². The van der Waals surface area contributed by atoms with E-state index in [1.165, 1.54) is 18.2 Å². The molecular formula is C11H6N2O4S3. The third-order valence-corrected chi connectivity index (χ3v) is 6.27. The molecule has 0 radical (unpaired) electrons. The van der Waals surface area contributed by atoms with Gasteiger partial charge >= 0.3 is 5.00 Å². The van der Waals surface area contributed by atoms with E-state index in [2.05, 4.69) is 0 Å². The molecule has 0 bridgehead atoms. The molecule has 2 aromatic heterocycles. The summed E-state index contributed by atoms with van der Waals surface area (Å²) in [6.07, 6.45) is 1.15. The van der Waals surface area contributed by atoms with E-state index >= 15 is 0 Å². The molecule has 0 aromatic carbocycles. The number of rotatable bonds is 4. The summed E-state index contributed by atoms with van der Waals surface area (Å²) in [6, 6.07) is 7.28. The maximum absolute atomic E-state index is 12.2. The summed E-state index contributed by atoms with van der Waals surface area (Å²) in [4.78, 5) is 9.91.